The van der Waals surface area contributed by atoms with Gasteiger partial charge in [0.05, 0.1) is 10.8 Å². The topological polar surface area (TPSA) is 71.4 Å². The molecule has 4 nitrogen and oxygen atoms in total. The molecular formula is C13H16O4S. The van der Waals surface area contributed by atoms with E-state index in [1.807, 2.05) is 0 Å². The Balaban J connectivity index is 2.34. The van der Waals surface area contributed by atoms with E-state index in [1.165, 1.54) is 18.4 Å². The Kier molecular flexibility index (Phi) is 2.97. The highest BCUT2D eigenvalue weighted by Crippen LogP contribution is 2.52. The zero-order chi connectivity index (χ0) is 13.6. The lowest BCUT2D eigenvalue weighted by atomic mass is 9.92. The molecule has 1 saturated carbocycles. The van der Waals surface area contributed by atoms with Crippen molar-refractivity contribution in [3.05, 3.63) is 35.4 Å². The van der Waals surface area contributed by atoms with Crippen molar-refractivity contribution in [2.24, 2.45) is 0 Å². The maximum absolute atomic E-state index is 11.7. The van der Waals surface area contributed by atoms with Crippen molar-refractivity contribution in [2.75, 3.05) is 6.26 Å². The van der Waals surface area contributed by atoms with Crippen LogP contribution < -0.4 is 0 Å². The molecule has 1 aliphatic carbocycles. The summed E-state index contributed by atoms with van der Waals surface area (Å²) in [6, 6.07) is 6.54. The molecule has 18 heavy (non-hydrogen) atoms. The van der Waals surface area contributed by atoms with Crippen molar-refractivity contribution >= 4 is 15.8 Å². The van der Waals surface area contributed by atoms with Gasteiger partial charge >= 0.3 is 5.97 Å². The molecule has 0 aromatic heterocycles. The smallest absolute Gasteiger partial charge is 0.335 e. The molecule has 1 unspecified atom stereocenters. The Labute approximate surface area is 107 Å². The first-order chi connectivity index (χ1) is 8.27. The summed E-state index contributed by atoms with van der Waals surface area (Å²) in [5, 5.41) is 8.41. The van der Waals surface area contributed by atoms with Crippen molar-refractivity contribution in [2.45, 2.75) is 30.4 Å². The predicted molar refractivity (Wildman–Crippen MR) is 68.6 cm³/mol. The number of aromatic carboxylic acids is 1. The highest BCUT2D eigenvalue weighted by molar-refractivity contribution is 7.91. The van der Waals surface area contributed by atoms with Gasteiger partial charge in [-0.25, -0.2) is 13.2 Å². The minimum absolute atomic E-state index is 0.224. The number of rotatable bonds is 4. The highest BCUT2D eigenvalue weighted by atomic mass is 32.2. The van der Waals surface area contributed by atoms with Crippen molar-refractivity contribution in [1.29, 1.82) is 0 Å². The maximum Gasteiger partial charge on any atom is 0.335 e. The minimum atomic E-state index is -3.09. The summed E-state index contributed by atoms with van der Waals surface area (Å²) in [4.78, 5) is 10.8. The zero-order valence-electron chi connectivity index (χ0n) is 10.4. The van der Waals surface area contributed by atoms with Crippen LogP contribution in [-0.2, 0) is 15.3 Å². The van der Waals surface area contributed by atoms with E-state index in [4.69, 9.17) is 5.11 Å². The third kappa shape index (κ3) is 2.14. The van der Waals surface area contributed by atoms with Crippen LogP contribution in [0.4, 0.5) is 0 Å². The maximum atomic E-state index is 11.7. The fourth-order valence-corrected chi connectivity index (χ4v) is 3.61. The average molecular weight is 268 g/mol. The van der Waals surface area contributed by atoms with E-state index in [1.54, 1.807) is 19.1 Å². The van der Waals surface area contributed by atoms with E-state index in [0.717, 1.165) is 18.4 Å². The standard InChI is InChI=1S/C13H16O4S/c1-9(18(2,16)17)13(7-8-13)11-5-3-10(4-6-11)12(14)15/h3-6,9H,7-8H2,1-2H3,(H,14,15). The SMILES string of the molecule is CC(C1(c2ccc(C(=O)O)cc2)CC1)S(C)(=O)=O. The summed E-state index contributed by atoms with van der Waals surface area (Å²) in [5.74, 6) is -0.970. The van der Waals surface area contributed by atoms with Crippen LogP contribution in [0.2, 0.25) is 0 Å². The van der Waals surface area contributed by atoms with Gasteiger partial charge in [0.25, 0.3) is 0 Å². The van der Waals surface area contributed by atoms with Gasteiger partial charge in [0.15, 0.2) is 9.84 Å². The van der Waals surface area contributed by atoms with Crippen LogP contribution in [0.3, 0.4) is 0 Å². The Bertz CT molecular complexity index is 568. The largest absolute Gasteiger partial charge is 0.478 e. The molecule has 0 radical (unpaired) electrons. The van der Waals surface area contributed by atoms with E-state index >= 15 is 0 Å². The van der Waals surface area contributed by atoms with E-state index in [9.17, 15) is 13.2 Å². The Morgan fingerprint density at radius 3 is 2.11 bits per heavy atom. The van der Waals surface area contributed by atoms with E-state index in [2.05, 4.69) is 0 Å². The number of carbonyl (C=O) groups is 1. The fourth-order valence-electron chi connectivity index (χ4n) is 2.42. The molecule has 0 spiro atoms. The van der Waals surface area contributed by atoms with E-state index in [-0.39, 0.29) is 11.0 Å². The lowest BCUT2D eigenvalue weighted by molar-refractivity contribution is 0.0697. The zero-order valence-corrected chi connectivity index (χ0v) is 11.2. The molecule has 1 aliphatic rings. The summed E-state index contributed by atoms with van der Waals surface area (Å²) in [6.45, 7) is 1.73. The normalized spacial score (nSPS) is 19.2. The first-order valence-electron chi connectivity index (χ1n) is 5.80. The Morgan fingerprint density at radius 2 is 1.78 bits per heavy atom. The summed E-state index contributed by atoms with van der Waals surface area (Å²) < 4.78 is 23.3. The van der Waals surface area contributed by atoms with Crippen LogP contribution >= 0.6 is 0 Å². The molecule has 0 saturated heterocycles. The first-order valence-corrected chi connectivity index (χ1v) is 7.75. The van der Waals surface area contributed by atoms with Crippen LogP contribution in [0, 0.1) is 0 Å². The van der Waals surface area contributed by atoms with Crippen molar-refractivity contribution in [1.82, 2.24) is 0 Å². The molecule has 0 aliphatic heterocycles. The van der Waals surface area contributed by atoms with Crippen molar-refractivity contribution in [3.63, 3.8) is 0 Å². The lowest BCUT2D eigenvalue weighted by Crippen LogP contribution is -2.30. The summed E-state index contributed by atoms with van der Waals surface area (Å²) in [6.07, 6.45) is 2.94. The molecule has 2 rings (SSSR count). The number of benzene rings is 1. The van der Waals surface area contributed by atoms with Crippen LogP contribution in [0.25, 0.3) is 0 Å². The predicted octanol–water partition coefficient (Wildman–Crippen LogP) is 1.85. The Hall–Kier alpha value is -1.36. The van der Waals surface area contributed by atoms with Crippen LogP contribution in [0.5, 0.6) is 0 Å². The molecule has 0 amide bonds. The van der Waals surface area contributed by atoms with E-state index in [0.29, 0.717) is 0 Å². The quantitative estimate of drug-likeness (QED) is 0.904. The summed E-state index contributed by atoms with van der Waals surface area (Å²) >= 11 is 0. The molecule has 98 valence electrons. The lowest BCUT2D eigenvalue weighted by Gasteiger charge is -2.22. The molecule has 5 heteroatoms. The molecular weight excluding hydrogens is 252 g/mol. The van der Waals surface area contributed by atoms with Gasteiger partial charge in [0, 0.05) is 11.7 Å². The number of sulfone groups is 1. The number of carboxylic acids is 1. The van der Waals surface area contributed by atoms with Crippen molar-refractivity contribution in [3.8, 4) is 0 Å². The minimum Gasteiger partial charge on any atom is -0.478 e. The summed E-state index contributed by atoms with van der Waals surface area (Å²) in [7, 11) is -3.09. The van der Waals surface area contributed by atoms with Gasteiger partial charge in [-0.15, -0.1) is 0 Å². The van der Waals surface area contributed by atoms with Gasteiger partial charge < -0.3 is 5.11 Å². The van der Waals surface area contributed by atoms with Crippen molar-refractivity contribution < 1.29 is 18.3 Å². The monoisotopic (exact) mass is 268 g/mol. The van der Waals surface area contributed by atoms with Crippen LogP contribution in [0.15, 0.2) is 24.3 Å². The van der Waals surface area contributed by atoms with Gasteiger partial charge in [-0.05, 0) is 37.5 Å². The van der Waals surface area contributed by atoms with Gasteiger partial charge in [-0.2, -0.15) is 0 Å². The second kappa shape index (κ2) is 4.09. The second-order valence-corrected chi connectivity index (χ2v) is 7.38. The highest BCUT2D eigenvalue weighted by Gasteiger charge is 2.52. The third-order valence-electron chi connectivity index (χ3n) is 3.92. The molecule has 1 aromatic carbocycles. The average Bonchev–Trinajstić information content (AvgIpc) is 3.08. The van der Waals surface area contributed by atoms with E-state index < -0.39 is 21.1 Å². The van der Waals surface area contributed by atoms with Gasteiger partial charge in [0.1, 0.15) is 0 Å². The number of hydrogen-bond donors (Lipinski definition) is 1. The molecule has 0 heterocycles. The third-order valence-corrected chi connectivity index (χ3v) is 5.65. The van der Waals surface area contributed by atoms with Gasteiger partial charge in [-0.1, -0.05) is 12.1 Å². The molecule has 1 aromatic rings. The molecule has 1 fully saturated rings. The molecule has 1 atom stereocenters. The number of carboxylic acid groups (broad SMARTS) is 1. The van der Waals surface area contributed by atoms with Crippen LogP contribution in [-0.4, -0.2) is 31.0 Å². The summed E-state index contributed by atoms with van der Waals surface area (Å²) in [5.41, 5.74) is 0.830. The van der Waals surface area contributed by atoms with Crippen LogP contribution in [0.1, 0.15) is 35.7 Å². The first kappa shape index (κ1) is 13.1. The molecule has 0 bridgehead atoms. The second-order valence-electron chi connectivity index (χ2n) is 5.01. The fraction of sp³-hybridized carbons (Fsp3) is 0.462. The van der Waals surface area contributed by atoms with Gasteiger partial charge in [0.2, 0.25) is 0 Å². The Morgan fingerprint density at radius 1 is 1.28 bits per heavy atom. The van der Waals surface area contributed by atoms with Gasteiger partial charge in [-0.3, -0.25) is 0 Å². The number of hydrogen-bond acceptors (Lipinski definition) is 3. The molecule has 1 N–H and O–H groups in total.